The quantitative estimate of drug-likeness (QED) is 0.218. The second kappa shape index (κ2) is 11.4. The van der Waals surface area contributed by atoms with Crippen LogP contribution in [0.1, 0.15) is 34.7 Å². The van der Waals surface area contributed by atoms with Gasteiger partial charge in [0.25, 0.3) is 5.91 Å². The van der Waals surface area contributed by atoms with E-state index < -0.39 is 5.41 Å². The number of carbonyl (C=O) groups is 1. The number of hydrogen-bond acceptors (Lipinski definition) is 5. The Morgan fingerprint density at radius 2 is 1.63 bits per heavy atom. The Morgan fingerprint density at radius 1 is 1.03 bits per heavy atom. The molecule has 6 N–H and O–H groups in total. The predicted molar refractivity (Wildman–Crippen MR) is 139 cm³/mol. The lowest BCUT2D eigenvalue weighted by Crippen LogP contribution is -2.25. The van der Waals surface area contributed by atoms with Crippen molar-refractivity contribution >= 4 is 18.0 Å². The van der Waals surface area contributed by atoms with Crippen LogP contribution in [0.3, 0.4) is 0 Å². The molecule has 3 aromatic rings. The van der Waals surface area contributed by atoms with E-state index in [0.29, 0.717) is 18.7 Å². The number of nitrogen functional groups attached to an aromatic ring is 1. The second-order valence-electron chi connectivity index (χ2n) is 8.18. The molecule has 0 fully saturated rings. The first-order chi connectivity index (χ1) is 16.9. The fourth-order valence-corrected chi connectivity index (χ4v) is 3.52. The van der Waals surface area contributed by atoms with Gasteiger partial charge in [0, 0.05) is 24.5 Å². The molecular weight excluding hydrogens is 436 g/mol. The van der Waals surface area contributed by atoms with Crippen molar-refractivity contribution in [3.8, 4) is 6.07 Å². The van der Waals surface area contributed by atoms with E-state index in [1.54, 1.807) is 24.3 Å². The summed E-state index contributed by atoms with van der Waals surface area (Å²) in [4.78, 5) is 16.8. The van der Waals surface area contributed by atoms with E-state index in [4.69, 9.17) is 16.9 Å². The van der Waals surface area contributed by atoms with Crippen molar-refractivity contribution in [2.45, 2.75) is 25.4 Å². The summed E-state index contributed by atoms with van der Waals surface area (Å²) in [6, 6.07) is 26.9. The number of hydrogen-bond donors (Lipinski definition) is 4. The smallest absolute Gasteiger partial charge is 0.254 e. The van der Waals surface area contributed by atoms with Crippen molar-refractivity contribution in [2.24, 2.45) is 16.5 Å². The molecule has 0 aromatic heterocycles. The molecule has 1 amide bonds. The molecule has 0 radical (unpaired) electrons. The summed E-state index contributed by atoms with van der Waals surface area (Å²) in [5, 5.41) is 20.1. The van der Waals surface area contributed by atoms with Gasteiger partial charge >= 0.3 is 0 Å². The third-order valence-corrected chi connectivity index (χ3v) is 5.77. The SMILES string of the molecule is CC(C#N)(c1ccccc1)c1ccc(CN=C/C(=C\N)C(=O)NCc2ccc(C(=N)N)cc2)cc1. The lowest BCUT2D eigenvalue weighted by atomic mass is 9.77. The molecule has 7 nitrogen and oxygen atoms in total. The summed E-state index contributed by atoms with van der Waals surface area (Å²) in [6.45, 7) is 2.58. The molecule has 0 aliphatic heterocycles. The maximum absolute atomic E-state index is 12.5. The standard InChI is InChI=1S/C28H28N6O/c1-28(19-30,24-5-3-2-4-6-24)25-13-9-20(10-14-25)16-33-18-23(15-29)27(35)34-17-21-7-11-22(12-8-21)26(31)32/h2-15,18H,16-17,29H2,1H3,(H3,31,32)(H,34,35)/b23-15+,33-18?. The van der Waals surface area contributed by atoms with Crippen molar-refractivity contribution in [1.82, 2.24) is 5.32 Å². The maximum atomic E-state index is 12.5. The van der Waals surface area contributed by atoms with Crippen molar-refractivity contribution in [2.75, 3.05) is 0 Å². The van der Waals surface area contributed by atoms with E-state index in [0.717, 1.165) is 22.3 Å². The zero-order valence-electron chi connectivity index (χ0n) is 19.5. The number of nitrogens with one attached hydrogen (secondary N) is 2. The van der Waals surface area contributed by atoms with Crippen LogP contribution in [0.25, 0.3) is 0 Å². The van der Waals surface area contributed by atoms with Gasteiger partial charge in [0.15, 0.2) is 0 Å². The minimum absolute atomic E-state index is 0.00457. The molecule has 7 heteroatoms. The Balaban J connectivity index is 1.59. The summed E-state index contributed by atoms with van der Waals surface area (Å²) < 4.78 is 0. The van der Waals surface area contributed by atoms with Gasteiger partial charge in [0.1, 0.15) is 11.3 Å². The van der Waals surface area contributed by atoms with E-state index in [1.165, 1.54) is 12.4 Å². The molecule has 0 saturated heterocycles. The topological polar surface area (TPSA) is 141 Å². The van der Waals surface area contributed by atoms with Crippen LogP contribution in [0.2, 0.25) is 0 Å². The minimum atomic E-state index is -0.747. The van der Waals surface area contributed by atoms with Gasteiger partial charge in [-0.25, -0.2) is 0 Å². The Kier molecular flexibility index (Phi) is 8.15. The molecule has 0 bridgehead atoms. The van der Waals surface area contributed by atoms with E-state index in [9.17, 15) is 10.1 Å². The number of nitriles is 1. The number of rotatable bonds is 9. The Morgan fingerprint density at radius 3 is 2.20 bits per heavy atom. The number of nitrogens with zero attached hydrogens (tertiary/aromatic N) is 2. The molecule has 0 aliphatic rings. The number of carbonyl (C=O) groups excluding carboxylic acids is 1. The highest BCUT2D eigenvalue weighted by molar-refractivity contribution is 6.12. The molecule has 3 aromatic carbocycles. The van der Waals surface area contributed by atoms with E-state index in [2.05, 4.69) is 16.4 Å². The van der Waals surface area contributed by atoms with E-state index in [-0.39, 0.29) is 17.3 Å². The summed E-state index contributed by atoms with van der Waals surface area (Å²) in [7, 11) is 0. The van der Waals surface area contributed by atoms with Crippen LogP contribution in [0.4, 0.5) is 0 Å². The average Bonchev–Trinajstić information content (AvgIpc) is 2.90. The zero-order chi connectivity index (χ0) is 25.3. The van der Waals surface area contributed by atoms with Crippen LogP contribution >= 0.6 is 0 Å². The maximum Gasteiger partial charge on any atom is 0.254 e. The average molecular weight is 465 g/mol. The first-order valence-corrected chi connectivity index (χ1v) is 11.1. The number of nitrogens with two attached hydrogens (primary N) is 2. The van der Waals surface area contributed by atoms with Crippen LogP contribution in [0.5, 0.6) is 0 Å². The molecule has 0 heterocycles. The molecule has 1 unspecified atom stereocenters. The fourth-order valence-electron chi connectivity index (χ4n) is 3.52. The van der Waals surface area contributed by atoms with Crippen molar-refractivity contribution in [3.05, 3.63) is 118 Å². The van der Waals surface area contributed by atoms with Crippen molar-refractivity contribution in [1.29, 1.82) is 10.7 Å². The van der Waals surface area contributed by atoms with Crippen LogP contribution in [-0.2, 0) is 23.3 Å². The van der Waals surface area contributed by atoms with Crippen LogP contribution in [-0.4, -0.2) is 18.0 Å². The summed E-state index contributed by atoms with van der Waals surface area (Å²) in [5.74, 6) is -0.343. The number of aliphatic imine (C=N–C) groups is 1. The number of benzene rings is 3. The lowest BCUT2D eigenvalue weighted by Gasteiger charge is -2.23. The normalized spacial score (nSPS) is 13.1. The van der Waals surface area contributed by atoms with E-state index in [1.807, 2.05) is 61.5 Å². The van der Waals surface area contributed by atoms with Gasteiger partial charge in [-0.05, 0) is 29.2 Å². The first kappa shape index (κ1) is 24.9. The van der Waals surface area contributed by atoms with Crippen LogP contribution in [0.15, 0.2) is 95.6 Å². The molecule has 176 valence electrons. The molecule has 0 aliphatic carbocycles. The Labute approximate surface area is 205 Å². The monoisotopic (exact) mass is 464 g/mol. The van der Waals surface area contributed by atoms with E-state index >= 15 is 0 Å². The van der Waals surface area contributed by atoms with Gasteiger partial charge in [-0.3, -0.25) is 15.2 Å². The van der Waals surface area contributed by atoms with Crippen molar-refractivity contribution < 1.29 is 4.79 Å². The highest BCUT2D eigenvalue weighted by Crippen LogP contribution is 2.31. The van der Waals surface area contributed by atoms with Gasteiger partial charge in [0.05, 0.1) is 18.2 Å². The highest BCUT2D eigenvalue weighted by atomic mass is 16.1. The Bertz CT molecular complexity index is 1270. The number of amides is 1. The fraction of sp³-hybridized carbons (Fsp3) is 0.143. The van der Waals surface area contributed by atoms with Crippen LogP contribution in [0, 0.1) is 16.7 Å². The molecule has 0 saturated carbocycles. The van der Waals surface area contributed by atoms with Gasteiger partial charge < -0.3 is 16.8 Å². The summed E-state index contributed by atoms with van der Waals surface area (Å²) >= 11 is 0. The molecule has 35 heavy (non-hydrogen) atoms. The van der Waals surface area contributed by atoms with Crippen LogP contribution < -0.4 is 16.8 Å². The molecular formula is C28H28N6O. The second-order valence-corrected chi connectivity index (χ2v) is 8.18. The largest absolute Gasteiger partial charge is 0.404 e. The van der Waals surface area contributed by atoms with Crippen molar-refractivity contribution in [3.63, 3.8) is 0 Å². The third kappa shape index (κ3) is 6.21. The lowest BCUT2D eigenvalue weighted by molar-refractivity contribution is -0.117. The van der Waals surface area contributed by atoms with Gasteiger partial charge in [-0.15, -0.1) is 0 Å². The first-order valence-electron chi connectivity index (χ1n) is 11.1. The molecule has 0 spiro atoms. The highest BCUT2D eigenvalue weighted by Gasteiger charge is 2.28. The molecule has 3 rings (SSSR count). The third-order valence-electron chi connectivity index (χ3n) is 5.77. The summed E-state index contributed by atoms with van der Waals surface area (Å²) in [6.07, 6.45) is 2.67. The number of amidine groups is 1. The van der Waals surface area contributed by atoms with Gasteiger partial charge in [0.2, 0.25) is 0 Å². The van der Waals surface area contributed by atoms with Gasteiger partial charge in [-0.1, -0.05) is 78.9 Å². The molecule has 1 atom stereocenters. The predicted octanol–water partition coefficient (Wildman–Crippen LogP) is 3.53. The summed E-state index contributed by atoms with van der Waals surface area (Å²) in [5.41, 5.74) is 14.9. The Hall–Kier alpha value is -4.70. The zero-order valence-corrected chi connectivity index (χ0v) is 19.5. The minimum Gasteiger partial charge on any atom is -0.404 e. The van der Waals surface area contributed by atoms with Gasteiger partial charge in [-0.2, -0.15) is 5.26 Å².